The van der Waals surface area contributed by atoms with Crippen molar-refractivity contribution in [3.8, 4) is 0 Å². The van der Waals surface area contributed by atoms with Crippen LogP contribution in [0.1, 0.15) is 0 Å². The molecule has 0 bridgehead atoms. The summed E-state index contributed by atoms with van der Waals surface area (Å²) in [6.45, 7) is 0. The van der Waals surface area contributed by atoms with E-state index in [9.17, 15) is 8.78 Å². The summed E-state index contributed by atoms with van der Waals surface area (Å²) in [6, 6.07) is 3.60. The van der Waals surface area contributed by atoms with E-state index < -0.39 is 11.6 Å². The molecule has 0 aliphatic rings. The van der Waals surface area contributed by atoms with Crippen LogP contribution in [0.15, 0.2) is 18.2 Å². The van der Waals surface area contributed by atoms with Crippen molar-refractivity contribution < 1.29 is 8.78 Å². The van der Waals surface area contributed by atoms with Gasteiger partial charge in [-0.05, 0) is 24.4 Å². The second-order valence-corrected chi connectivity index (χ2v) is 2.71. The standard InChI is InChI=1S/C8H8F2N2S/c1-11-8(13)12-7-5(9)3-2-4-6(7)10/h2-4H,1H3,(H2,11,12,13). The third-order valence-electron chi connectivity index (χ3n) is 1.43. The van der Waals surface area contributed by atoms with E-state index in [4.69, 9.17) is 12.2 Å². The molecule has 0 radical (unpaired) electrons. The van der Waals surface area contributed by atoms with E-state index in [1.807, 2.05) is 0 Å². The molecular weight excluding hydrogens is 194 g/mol. The molecule has 1 aromatic carbocycles. The van der Waals surface area contributed by atoms with Crippen LogP contribution < -0.4 is 10.6 Å². The lowest BCUT2D eigenvalue weighted by atomic mass is 10.3. The fourth-order valence-electron chi connectivity index (χ4n) is 0.793. The molecule has 13 heavy (non-hydrogen) atoms. The minimum atomic E-state index is -0.669. The lowest BCUT2D eigenvalue weighted by molar-refractivity contribution is 0.591. The highest BCUT2D eigenvalue weighted by Crippen LogP contribution is 2.17. The van der Waals surface area contributed by atoms with E-state index in [2.05, 4.69) is 10.6 Å². The second-order valence-electron chi connectivity index (χ2n) is 2.30. The van der Waals surface area contributed by atoms with E-state index in [0.29, 0.717) is 0 Å². The average Bonchev–Trinajstić information content (AvgIpc) is 2.11. The van der Waals surface area contributed by atoms with Crippen LogP contribution in [0.4, 0.5) is 14.5 Å². The van der Waals surface area contributed by atoms with Crippen molar-refractivity contribution in [1.82, 2.24) is 5.32 Å². The molecule has 0 heterocycles. The summed E-state index contributed by atoms with van der Waals surface area (Å²) in [5.74, 6) is -1.34. The average molecular weight is 202 g/mol. The van der Waals surface area contributed by atoms with Gasteiger partial charge in [-0.2, -0.15) is 0 Å². The lowest BCUT2D eigenvalue weighted by Gasteiger charge is -2.08. The van der Waals surface area contributed by atoms with E-state index >= 15 is 0 Å². The Labute approximate surface area is 80.0 Å². The number of anilines is 1. The molecule has 0 saturated carbocycles. The van der Waals surface area contributed by atoms with Crippen LogP contribution in [0.25, 0.3) is 0 Å². The molecule has 2 N–H and O–H groups in total. The highest BCUT2D eigenvalue weighted by molar-refractivity contribution is 7.80. The fraction of sp³-hybridized carbons (Fsp3) is 0.125. The summed E-state index contributed by atoms with van der Waals surface area (Å²) in [7, 11) is 1.56. The molecule has 70 valence electrons. The van der Waals surface area contributed by atoms with Crippen molar-refractivity contribution >= 4 is 23.0 Å². The zero-order valence-corrected chi connectivity index (χ0v) is 7.71. The van der Waals surface area contributed by atoms with Gasteiger partial charge in [-0.25, -0.2) is 8.78 Å². The SMILES string of the molecule is CNC(=S)Nc1c(F)cccc1F. The molecule has 0 atom stereocenters. The summed E-state index contributed by atoms with van der Waals surface area (Å²) < 4.78 is 25.9. The zero-order chi connectivity index (χ0) is 9.84. The maximum atomic E-state index is 13.0. The van der Waals surface area contributed by atoms with Gasteiger partial charge in [0.15, 0.2) is 5.11 Å². The first-order chi connectivity index (χ1) is 6.15. The maximum Gasteiger partial charge on any atom is 0.170 e. The number of rotatable bonds is 1. The second kappa shape index (κ2) is 4.13. The first-order valence-corrected chi connectivity index (χ1v) is 3.98. The Morgan fingerprint density at radius 3 is 2.31 bits per heavy atom. The van der Waals surface area contributed by atoms with Crippen molar-refractivity contribution in [3.05, 3.63) is 29.8 Å². The van der Waals surface area contributed by atoms with Crippen LogP contribution in [-0.4, -0.2) is 12.2 Å². The highest BCUT2D eigenvalue weighted by Gasteiger charge is 2.08. The quantitative estimate of drug-likeness (QED) is 0.680. The number of thiocarbonyl (C=S) groups is 1. The first-order valence-electron chi connectivity index (χ1n) is 3.58. The largest absolute Gasteiger partial charge is 0.366 e. The molecule has 0 fully saturated rings. The molecule has 0 spiro atoms. The van der Waals surface area contributed by atoms with E-state index in [-0.39, 0.29) is 10.8 Å². The maximum absolute atomic E-state index is 13.0. The number of halogens is 2. The number of benzene rings is 1. The van der Waals surface area contributed by atoms with E-state index in [1.54, 1.807) is 7.05 Å². The zero-order valence-electron chi connectivity index (χ0n) is 6.90. The summed E-state index contributed by atoms with van der Waals surface area (Å²) in [5.41, 5.74) is -0.234. The topological polar surface area (TPSA) is 24.1 Å². The molecule has 2 nitrogen and oxygen atoms in total. The lowest BCUT2D eigenvalue weighted by Crippen LogP contribution is -2.25. The highest BCUT2D eigenvalue weighted by atomic mass is 32.1. The summed E-state index contributed by atoms with van der Waals surface area (Å²) >= 11 is 4.70. The Balaban J connectivity index is 2.93. The van der Waals surface area contributed by atoms with Gasteiger partial charge in [0.1, 0.15) is 17.3 Å². The molecule has 0 aromatic heterocycles. The molecule has 1 rings (SSSR count). The molecular formula is C8H8F2N2S. The van der Waals surface area contributed by atoms with Gasteiger partial charge >= 0.3 is 0 Å². The van der Waals surface area contributed by atoms with Crippen LogP contribution in [0.3, 0.4) is 0 Å². The van der Waals surface area contributed by atoms with Crippen LogP contribution in [0.2, 0.25) is 0 Å². The Morgan fingerprint density at radius 1 is 1.31 bits per heavy atom. The van der Waals surface area contributed by atoms with Gasteiger partial charge in [-0.1, -0.05) is 6.07 Å². The summed E-state index contributed by atoms with van der Waals surface area (Å²) in [4.78, 5) is 0. The van der Waals surface area contributed by atoms with Gasteiger partial charge in [0.2, 0.25) is 0 Å². The van der Waals surface area contributed by atoms with Gasteiger partial charge in [0, 0.05) is 7.05 Å². The van der Waals surface area contributed by atoms with Crippen molar-refractivity contribution in [2.45, 2.75) is 0 Å². The molecule has 0 aliphatic carbocycles. The Hall–Kier alpha value is -1.23. The van der Waals surface area contributed by atoms with Crippen molar-refractivity contribution in [2.75, 3.05) is 12.4 Å². The minimum absolute atomic E-state index is 0.170. The molecule has 0 unspecified atom stereocenters. The van der Waals surface area contributed by atoms with Crippen molar-refractivity contribution in [3.63, 3.8) is 0 Å². The first kappa shape index (κ1) is 9.85. The Kier molecular flexibility index (Phi) is 3.13. The predicted octanol–water partition coefficient (Wildman–Crippen LogP) is 1.88. The number of para-hydroxylation sites is 1. The number of nitrogens with one attached hydrogen (secondary N) is 2. The van der Waals surface area contributed by atoms with Gasteiger partial charge in [0.25, 0.3) is 0 Å². The minimum Gasteiger partial charge on any atom is -0.366 e. The normalized spacial score (nSPS) is 9.46. The van der Waals surface area contributed by atoms with E-state index in [1.165, 1.54) is 6.07 Å². The fourth-order valence-corrected chi connectivity index (χ4v) is 0.895. The summed E-state index contributed by atoms with van der Waals surface area (Å²) in [6.07, 6.45) is 0. The monoisotopic (exact) mass is 202 g/mol. The van der Waals surface area contributed by atoms with Crippen molar-refractivity contribution in [1.29, 1.82) is 0 Å². The molecule has 0 saturated heterocycles. The van der Waals surface area contributed by atoms with Gasteiger partial charge in [-0.15, -0.1) is 0 Å². The molecule has 0 aliphatic heterocycles. The van der Waals surface area contributed by atoms with Crippen molar-refractivity contribution in [2.24, 2.45) is 0 Å². The van der Waals surface area contributed by atoms with Crippen LogP contribution in [0.5, 0.6) is 0 Å². The third-order valence-corrected chi connectivity index (χ3v) is 1.73. The Bertz CT molecular complexity index is 308. The number of hydrogen-bond donors (Lipinski definition) is 2. The van der Waals surface area contributed by atoms with Crippen LogP contribution in [-0.2, 0) is 0 Å². The van der Waals surface area contributed by atoms with Gasteiger partial charge < -0.3 is 10.6 Å². The number of hydrogen-bond acceptors (Lipinski definition) is 1. The van der Waals surface area contributed by atoms with Gasteiger partial charge in [-0.3, -0.25) is 0 Å². The molecule has 5 heteroatoms. The Morgan fingerprint density at radius 2 is 1.85 bits per heavy atom. The van der Waals surface area contributed by atoms with Gasteiger partial charge in [0.05, 0.1) is 0 Å². The van der Waals surface area contributed by atoms with E-state index in [0.717, 1.165) is 12.1 Å². The smallest absolute Gasteiger partial charge is 0.170 e. The van der Waals surface area contributed by atoms with Crippen LogP contribution >= 0.6 is 12.2 Å². The molecule has 1 aromatic rings. The predicted molar refractivity (Wildman–Crippen MR) is 51.6 cm³/mol. The molecule has 0 amide bonds. The summed E-state index contributed by atoms with van der Waals surface area (Å²) in [5, 5.41) is 5.12. The third kappa shape index (κ3) is 2.35. The van der Waals surface area contributed by atoms with Crippen LogP contribution in [0, 0.1) is 11.6 Å².